The minimum atomic E-state index is -0.837. The van der Waals surface area contributed by atoms with Crippen LogP contribution in [0.25, 0.3) is 0 Å². The van der Waals surface area contributed by atoms with E-state index < -0.39 is 17.9 Å². The number of esters is 1. The van der Waals surface area contributed by atoms with Gasteiger partial charge in [0, 0.05) is 0 Å². The van der Waals surface area contributed by atoms with Crippen LogP contribution in [-0.2, 0) is 9.53 Å². The van der Waals surface area contributed by atoms with Crippen molar-refractivity contribution in [1.29, 1.82) is 0 Å². The van der Waals surface area contributed by atoms with E-state index in [4.69, 9.17) is 11.2 Å². The van der Waals surface area contributed by atoms with Gasteiger partial charge in [0.15, 0.2) is 6.10 Å². The van der Waals surface area contributed by atoms with Gasteiger partial charge in [0.25, 0.3) is 0 Å². The average Bonchev–Trinajstić information content (AvgIpc) is 2.81. The molecule has 0 radical (unpaired) electrons. The third-order valence-corrected chi connectivity index (χ3v) is 6.68. The highest BCUT2D eigenvalue weighted by molar-refractivity contribution is 6.00. The molecule has 3 nitrogen and oxygen atoms in total. The fourth-order valence-electron chi connectivity index (χ4n) is 4.65. The van der Waals surface area contributed by atoms with Gasteiger partial charge in [0.2, 0.25) is 5.78 Å². The molecule has 1 aromatic rings. The van der Waals surface area contributed by atoms with Crippen LogP contribution >= 0.6 is 0 Å². The summed E-state index contributed by atoms with van der Waals surface area (Å²) in [5, 5.41) is 0. The highest BCUT2D eigenvalue weighted by Crippen LogP contribution is 2.37. The van der Waals surface area contributed by atoms with Crippen LogP contribution in [0.4, 0.5) is 0 Å². The lowest BCUT2D eigenvalue weighted by Gasteiger charge is -2.29. The monoisotopic (exact) mass is 424 g/mol. The minimum absolute atomic E-state index is 0.451. The molecule has 1 aromatic carbocycles. The Hall–Kier alpha value is -2.08. The first-order valence-corrected chi connectivity index (χ1v) is 12.4. The number of terminal acetylenes is 1. The van der Waals surface area contributed by atoms with E-state index in [9.17, 15) is 9.59 Å². The Kier molecular flexibility index (Phi) is 11.4. The lowest BCUT2D eigenvalue weighted by molar-refractivity contribution is -0.122. The zero-order valence-electron chi connectivity index (χ0n) is 19.5. The van der Waals surface area contributed by atoms with Crippen molar-refractivity contribution in [3.63, 3.8) is 0 Å². The molecular formula is C28H40O3. The first kappa shape index (κ1) is 25.2. The SMILES string of the molecule is C#CC(=O)C(CCCCC)OC(=O)c1ccc([C@H]2CC[C@H](CCCCCC)CC2)cc1. The van der Waals surface area contributed by atoms with Crippen LogP contribution < -0.4 is 0 Å². The van der Waals surface area contributed by atoms with E-state index in [0.29, 0.717) is 17.9 Å². The standard InChI is InChI=1S/C28H40O3/c1-4-7-9-11-12-22-14-16-23(17-15-22)24-18-20-25(21-19-24)28(30)31-27(26(29)6-3)13-10-8-5-2/h3,18-23,27H,4-5,7-17H2,1-2H3/t22-,23-,27?. The van der Waals surface area contributed by atoms with Gasteiger partial charge in [-0.1, -0.05) is 70.9 Å². The van der Waals surface area contributed by atoms with Crippen LogP contribution in [0.5, 0.6) is 0 Å². The predicted molar refractivity (Wildman–Crippen MR) is 127 cm³/mol. The largest absolute Gasteiger partial charge is 0.450 e. The molecule has 31 heavy (non-hydrogen) atoms. The molecule has 1 aliphatic rings. The second kappa shape index (κ2) is 14.1. The summed E-state index contributed by atoms with van der Waals surface area (Å²) in [6.07, 6.45) is 19.6. The Morgan fingerprint density at radius 1 is 0.968 bits per heavy atom. The van der Waals surface area contributed by atoms with Crippen molar-refractivity contribution in [1.82, 2.24) is 0 Å². The van der Waals surface area contributed by atoms with E-state index in [-0.39, 0.29) is 0 Å². The Morgan fingerprint density at radius 2 is 1.61 bits per heavy atom. The smallest absolute Gasteiger partial charge is 0.338 e. The summed E-state index contributed by atoms with van der Waals surface area (Å²) < 4.78 is 5.46. The molecule has 0 spiro atoms. The molecule has 1 atom stereocenters. The van der Waals surface area contributed by atoms with Crippen molar-refractivity contribution < 1.29 is 14.3 Å². The second-order valence-electron chi connectivity index (χ2n) is 9.09. The van der Waals surface area contributed by atoms with Crippen molar-refractivity contribution >= 4 is 11.8 Å². The molecule has 0 aromatic heterocycles. The summed E-state index contributed by atoms with van der Waals surface area (Å²) in [7, 11) is 0. The van der Waals surface area contributed by atoms with Gasteiger partial charge in [-0.15, -0.1) is 6.42 Å². The fourth-order valence-corrected chi connectivity index (χ4v) is 4.65. The van der Waals surface area contributed by atoms with Gasteiger partial charge in [0.1, 0.15) is 0 Å². The molecule has 1 fully saturated rings. The number of ketones is 1. The normalized spacial score (nSPS) is 19.4. The Morgan fingerprint density at radius 3 is 2.23 bits per heavy atom. The summed E-state index contributed by atoms with van der Waals surface area (Å²) in [6.45, 7) is 4.35. The zero-order chi connectivity index (χ0) is 22.5. The highest BCUT2D eigenvalue weighted by Gasteiger charge is 2.24. The van der Waals surface area contributed by atoms with Crippen LogP contribution in [0.2, 0.25) is 0 Å². The van der Waals surface area contributed by atoms with Crippen LogP contribution in [0.3, 0.4) is 0 Å². The quantitative estimate of drug-likeness (QED) is 0.145. The van der Waals surface area contributed by atoms with Gasteiger partial charge in [-0.3, -0.25) is 4.79 Å². The topological polar surface area (TPSA) is 43.4 Å². The van der Waals surface area contributed by atoms with Crippen molar-refractivity contribution in [2.24, 2.45) is 5.92 Å². The molecular weight excluding hydrogens is 384 g/mol. The van der Waals surface area contributed by atoms with Gasteiger partial charge >= 0.3 is 5.97 Å². The van der Waals surface area contributed by atoms with Crippen LogP contribution in [0.15, 0.2) is 24.3 Å². The predicted octanol–water partition coefficient (Wildman–Crippen LogP) is 7.24. The van der Waals surface area contributed by atoms with Gasteiger partial charge < -0.3 is 4.74 Å². The Bertz CT molecular complexity index is 705. The highest BCUT2D eigenvalue weighted by atomic mass is 16.5. The van der Waals surface area contributed by atoms with Crippen LogP contribution in [-0.4, -0.2) is 17.9 Å². The summed E-state index contributed by atoms with van der Waals surface area (Å²) >= 11 is 0. The maximum atomic E-state index is 12.5. The number of hydrogen-bond acceptors (Lipinski definition) is 3. The number of hydrogen-bond donors (Lipinski definition) is 0. The van der Waals surface area contributed by atoms with Gasteiger partial charge in [-0.25, -0.2) is 4.79 Å². The number of benzene rings is 1. The van der Waals surface area contributed by atoms with E-state index in [1.165, 1.54) is 63.4 Å². The Balaban J connectivity index is 1.84. The maximum absolute atomic E-state index is 12.5. The van der Waals surface area contributed by atoms with E-state index in [1.54, 1.807) is 0 Å². The summed E-state index contributed by atoms with van der Waals surface area (Å²) in [6, 6.07) is 7.77. The van der Waals surface area contributed by atoms with Crippen molar-refractivity contribution in [2.75, 3.05) is 0 Å². The fraction of sp³-hybridized carbons (Fsp3) is 0.643. The number of rotatable bonds is 13. The molecule has 0 heterocycles. The molecule has 3 heteroatoms. The molecule has 0 saturated heterocycles. The molecule has 0 bridgehead atoms. The number of carbonyl (C=O) groups is 2. The maximum Gasteiger partial charge on any atom is 0.338 e. The van der Waals surface area contributed by atoms with Crippen LogP contribution in [0, 0.1) is 18.3 Å². The molecule has 2 rings (SSSR count). The molecule has 1 saturated carbocycles. The van der Waals surface area contributed by atoms with Gasteiger partial charge in [0.05, 0.1) is 5.56 Å². The van der Waals surface area contributed by atoms with Gasteiger partial charge in [-0.05, 0) is 74.0 Å². The third kappa shape index (κ3) is 8.52. The van der Waals surface area contributed by atoms with Crippen molar-refractivity contribution in [3.8, 4) is 12.3 Å². The summed E-state index contributed by atoms with van der Waals surface area (Å²) in [5.41, 5.74) is 1.79. The first-order valence-electron chi connectivity index (χ1n) is 12.4. The number of Topliss-reactive ketones (excluding diaryl/α,β-unsaturated/α-hetero) is 1. The van der Waals surface area contributed by atoms with E-state index in [2.05, 4.69) is 31.9 Å². The zero-order valence-corrected chi connectivity index (χ0v) is 19.5. The summed E-state index contributed by atoms with van der Waals surface area (Å²) in [5.74, 6) is 2.66. The molecule has 0 N–H and O–H groups in total. The Labute approximate surface area is 189 Å². The van der Waals surface area contributed by atoms with Crippen molar-refractivity contribution in [3.05, 3.63) is 35.4 Å². The molecule has 1 aliphatic carbocycles. The number of carbonyl (C=O) groups excluding carboxylic acids is 2. The number of ether oxygens (including phenoxy) is 1. The lowest BCUT2D eigenvalue weighted by atomic mass is 9.77. The van der Waals surface area contributed by atoms with E-state index in [0.717, 1.165) is 25.2 Å². The van der Waals surface area contributed by atoms with E-state index in [1.807, 2.05) is 12.1 Å². The number of unbranched alkanes of at least 4 members (excludes halogenated alkanes) is 5. The van der Waals surface area contributed by atoms with Crippen molar-refractivity contribution in [2.45, 2.75) is 109 Å². The van der Waals surface area contributed by atoms with Gasteiger partial charge in [-0.2, -0.15) is 0 Å². The summed E-state index contributed by atoms with van der Waals surface area (Å²) in [4.78, 5) is 24.5. The molecule has 170 valence electrons. The lowest BCUT2D eigenvalue weighted by Crippen LogP contribution is -2.26. The minimum Gasteiger partial charge on any atom is -0.450 e. The van der Waals surface area contributed by atoms with E-state index >= 15 is 0 Å². The molecule has 0 aliphatic heterocycles. The third-order valence-electron chi connectivity index (χ3n) is 6.68. The van der Waals surface area contributed by atoms with Crippen LogP contribution in [0.1, 0.15) is 119 Å². The second-order valence-corrected chi connectivity index (χ2v) is 9.09. The average molecular weight is 425 g/mol. The first-order chi connectivity index (χ1) is 15.1. The molecule has 0 amide bonds. The molecule has 1 unspecified atom stereocenters.